The second-order valence-electron chi connectivity index (χ2n) is 7.54. The zero-order valence-electron chi connectivity index (χ0n) is 19.9. The summed E-state index contributed by atoms with van der Waals surface area (Å²) in [6.45, 7) is 5.43. The molecule has 3 aromatic rings. The number of amides is 1. The van der Waals surface area contributed by atoms with Crippen molar-refractivity contribution in [2.24, 2.45) is 0 Å². The molecule has 0 heterocycles. The van der Waals surface area contributed by atoms with Crippen LogP contribution in [0.2, 0.25) is 0 Å². The number of rotatable bonds is 11. The van der Waals surface area contributed by atoms with Crippen LogP contribution in [0.25, 0.3) is 0 Å². The van der Waals surface area contributed by atoms with E-state index < -0.39 is 22.5 Å². The second-order valence-corrected chi connectivity index (χ2v) is 9.40. The van der Waals surface area contributed by atoms with E-state index in [1.54, 1.807) is 54.6 Å². The molecule has 0 aromatic heterocycles. The summed E-state index contributed by atoms with van der Waals surface area (Å²) in [5.74, 6) is 0.779. The maximum absolute atomic E-state index is 13.6. The van der Waals surface area contributed by atoms with Gasteiger partial charge in [0.15, 0.2) is 11.5 Å². The third-order valence-corrected chi connectivity index (χ3v) is 6.83. The fourth-order valence-corrected chi connectivity index (χ4v) is 4.69. The topological polar surface area (TPSA) is 94.2 Å². The Kier molecular flexibility index (Phi) is 8.38. The first-order chi connectivity index (χ1) is 16.8. The van der Waals surface area contributed by atoms with E-state index in [2.05, 4.69) is 11.9 Å². The molecule has 0 saturated heterocycles. The Morgan fingerprint density at radius 3 is 2.23 bits per heavy atom. The summed E-state index contributed by atoms with van der Waals surface area (Å²) in [5.41, 5.74) is 1.82. The van der Waals surface area contributed by atoms with Gasteiger partial charge in [-0.15, -0.1) is 0 Å². The molecule has 3 aromatic carbocycles. The number of ether oxygens (including phenoxy) is 3. The highest BCUT2D eigenvalue weighted by molar-refractivity contribution is 7.92. The van der Waals surface area contributed by atoms with Gasteiger partial charge in [0.1, 0.15) is 18.9 Å². The van der Waals surface area contributed by atoms with Crippen molar-refractivity contribution in [2.45, 2.75) is 11.8 Å². The molecule has 1 N–H and O–H groups in total. The van der Waals surface area contributed by atoms with Crippen LogP contribution in [0.5, 0.6) is 17.2 Å². The zero-order valence-corrected chi connectivity index (χ0v) is 20.7. The number of nitrogens with zero attached hydrogens (tertiary/aromatic N) is 1. The minimum absolute atomic E-state index is 0.0350. The number of benzene rings is 3. The van der Waals surface area contributed by atoms with Crippen molar-refractivity contribution in [3.05, 3.63) is 84.9 Å². The molecule has 0 bridgehead atoms. The van der Waals surface area contributed by atoms with Gasteiger partial charge in [-0.05, 0) is 55.5 Å². The van der Waals surface area contributed by atoms with Gasteiger partial charge in [-0.1, -0.05) is 30.4 Å². The quantitative estimate of drug-likeness (QED) is 0.395. The summed E-state index contributed by atoms with van der Waals surface area (Å²) >= 11 is 0. The molecule has 0 fully saturated rings. The molecule has 8 nitrogen and oxygen atoms in total. The van der Waals surface area contributed by atoms with Crippen LogP contribution in [-0.4, -0.2) is 41.7 Å². The van der Waals surface area contributed by atoms with E-state index in [0.717, 1.165) is 9.87 Å². The van der Waals surface area contributed by atoms with Gasteiger partial charge < -0.3 is 19.5 Å². The van der Waals surface area contributed by atoms with E-state index in [0.29, 0.717) is 29.5 Å². The first-order valence-electron chi connectivity index (χ1n) is 10.7. The van der Waals surface area contributed by atoms with Gasteiger partial charge >= 0.3 is 0 Å². The standard InChI is InChI=1S/C26H28N2O6S/c1-5-16-34-22-12-8-20(9-13-22)27-26(29)18-28(21-10-6-19(2)7-11-21)35(30,31)23-14-15-24(32-3)25(17-23)33-4/h5-15,17H,1,16,18H2,2-4H3,(H,27,29). The molecule has 3 rings (SSSR count). The van der Waals surface area contributed by atoms with E-state index in [4.69, 9.17) is 14.2 Å². The van der Waals surface area contributed by atoms with Gasteiger partial charge in [-0.25, -0.2) is 8.42 Å². The van der Waals surface area contributed by atoms with Crippen LogP contribution in [-0.2, 0) is 14.8 Å². The van der Waals surface area contributed by atoms with Crippen LogP contribution in [0, 0.1) is 6.92 Å². The van der Waals surface area contributed by atoms with Gasteiger partial charge in [0.25, 0.3) is 10.0 Å². The van der Waals surface area contributed by atoms with Crippen LogP contribution in [0.4, 0.5) is 11.4 Å². The Morgan fingerprint density at radius 2 is 1.63 bits per heavy atom. The summed E-state index contributed by atoms with van der Waals surface area (Å²) in [6.07, 6.45) is 1.63. The summed E-state index contributed by atoms with van der Waals surface area (Å²) in [4.78, 5) is 12.9. The molecule has 0 aliphatic heterocycles. The van der Waals surface area contributed by atoms with Gasteiger partial charge in [-0.2, -0.15) is 0 Å². The fourth-order valence-electron chi connectivity index (χ4n) is 3.25. The number of anilines is 2. The lowest BCUT2D eigenvalue weighted by Gasteiger charge is -2.24. The Bertz CT molecular complexity index is 1270. The number of aryl methyl sites for hydroxylation is 1. The maximum Gasteiger partial charge on any atom is 0.264 e. The zero-order chi connectivity index (χ0) is 25.4. The molecule has 1 amide bonds. The predicted octanol–water partition coefficient (Wildman–Crippen LogP) is 4.41. The monoisotopic (exact) mass is 496 g/mol. The summed E-state index contributed by atoms with van der Waals surface area (Å²) in [6, 6.07) is 17.9. The third-order valence-electron chi connectivity index (χ3n) is 5.06. The number of carbonyl (C=O) groups excluding carboxylic acids is 1. The highest BCUT2D eigenvalue weighted by Crippen LogP contribution is 2.32. The van der Waals surface area contributed by atoms with Crippen molar-refractivity contribution in [1.29, 1.82) is 0 Å². The van der Waals surface area contributed by atoms with E-state index in [-0.39, 0.29) is 10.6 Å². The molecule has 0 radical (unpaired) electrons. The molecule has 0 aliphatic carbocycles. The average molecular weight is 497 g/mol. The lowest BCUT2D eigenvalue weighted by Crippen LogP contribution is -2.38. The van der Waals surface area contributed by atoms with Gasteiger partial charge in [0, 0.05) is 11.8 Å². The molecule has 0 saturated carbocycles. The van der Waals surface area contributed by atoms with Gasteiger partial charge in [0.2, 0.25) is 5.91 Å². The highest BCUT2D eigenvalue weighted by Gasteiger charge is 2.28. The van der Waals surface area contributed by atoms with Crippen molar-refractivity contribution in [1.82, 2.24) is 0 Å². The second kappa shape index (κ2) is 11.4. The SMILES string of the molecule is C=CCOc1ccc(NC(=O)CN(c2ccc(C)cc2)S(=O)(=O)c2ccc(OC)c(OC)c2)cc1. The van der Waals surface area contributed by atoms with Crippen molar-refractivity contribution in [3.63, 3.8) is 0 Å². The Morgan fingerprint density at radius 1 is 0.971 bits per heavy atom. The molecule has 0 spiro atoms. The van der Waals surface area contributed by atoms with Gasteiger partial charge in [-0.3, -0.25) is 9.10 Å². The number of sulfonamides is 1. The first-order valence-corrected chi connectivity index (χ1v) is 12.2. The largest absolute Gasteiger partial charge is 0.493 e. The first kappa shape index (κ1) is 25.6. The number of carbonyl (C=O) groups is 1. The molecule has 184 valence electrons. The third kappa shape index (κ3) is 6.33. The van der Waals surface area contributed by atoms with Crippen LogP contribution in [0.3, 0.4) is 0 Å². The smallest absolute Gasteiger partial charge is 0.264 e. The summed E-state index contributed by atoms with van der Waals surface area (Å²) in [5, 5.41) is 2.74. The lowest BCUT2D eigenvalue weighted by atomic mass is 10.2. The van der Waals surface area contributed by atoms with Crippen molar-refractivity contribution < 1.29 is 27.4 Å². The number of hydrogen-bond acceptors (Lipinski definition) is 6. The molecule has 35 heavy (non-hydrogen) atoms. The van der Waals surface area contributed by atoms with Crippen molar-refractivity contribution >= 4 is 27.3 Å². The summed E-state index contributed by atoms with van der Waals surface area (Å²) in [7, 11) is -1.23. The van der Waals surface area contributed by atoms with Gasteiger partial charge in [0.05, 0.1) is 24.8 Å². The fraction of sp³-hybridized carbons (Fsp3) is 0.192. The molecule has 9 heteroatoms. The Hall–Kier alpha value is -3.98. The Labute approximate surface area is 205 Å². The van der Waals surface area contributed by atoms with E-state index in [1.165, 1.54) is 32.4 Å². The van der Waals surface area contributed by atoms with Crippen molar-refractivity contribution in [3.8, 4) is 17.2 Å². The molecule has 0 aliphatic rings. The normalized spacial score (nSPS) is 10.8. The minimum Gasteiger partial charge on any atom is -0.493 e. The van der Waals surface area contributed by atoms with E-state index in [9.17, 15) is 13.2 Å². The van der Waals surface area contributed by atoms with E-state index in [1.807, 2.05) is 6.92 Å². The number of nitrogens with one attached hydrogen (secondary N) is 1. The highest BCUT2D eigenvalue weighted by atomic mass is 32.2. The number of hydrogen-bond donors (Lipinski definition) is 1. The Balaban J connectivity index is 1.89. The van der Waals surface area contributed by atoms with Crippen molar-refractivity contribution in [2.75, 3.05) is 37.0 Å². The lowest BCUT2D eigenvalue weighted by molar-refractivity contribution is -0.114. The number of methoxy groups -OCH3 is 2. The minimum atomic E-state index is -4.12. The molecular formula is C26H28N2O6S. The van der Waals surface area contributed by atoms with Crippen LogP contribution >= 0.6 is 0 Å². The van der Waals surface area contributed by atoms with Crippen LogP contribution in [0.15, 0.2) is 84.3 Å². The van der Waals surface area contributed by atoms with E-state index >= 15 is 0 Å². The van der Waals surface area contributed by atoms with Crippen LogP contribution in [0.1, 0.15) is 5.56 Å². The van der Waals surface area contributed by atoms with Crippen LogP contribution < -0.4 is 23.8 Å². The molecule has 0 unspecified atom stereocenters. The maximum atomic E-state index is 13.6. The molecule has 0 atom stereocenters. The summed E-state index contributed by atoms with van der Waals surface area (Å²) < 4.78 is 44.3. The average Bonchev–Trinajstić information content (AvgIpc) is 2.87. The predicted molar refractivity (Wildman–Crippen MR) is 136 cm³/mol. The molecular weight excluding hydrogens is 468 g/mol.